The van der Waals surface area contributed by atoms with Crippen LogP contribution in [0.5, 0.6) is 5.75 Å². The van der Waals surface area contributed by atoms with Gasteiger partial charge in [0, 0.05) is 38.2 Å². The van der Waals surface area contributed by atoms with Crippen LogP contribution in [0.25, 0.3) is 0 Å². The molecule has 2 aliphatic heterocycles. The Bertz CT molecular complexity index is 902. The summed E-state index contributed by atoms with van der Waals surface area (Å²) in [6.07, 6.45) is 3.74. The number of nitrogens with zero attached hydrogens (tertiary/aromatic N) is 3. The first-order valence-electron chi connectivity index (χ1n) is 9.52. The van der Waals surface area contributed by atoms with Gasteiger partial charge in [0.2, 0.25) is 0 Å². The summed E-state index contributed by atoms with van der Waals surface area (Å²) in [6.45, 7) is 5.24. The quantitative estimate of drug-likeness (QED) is 0.819. The van der Waals surface area contributed by atoms with E-state index in [-0.39, 0.29) is 23.7 Å². The molecule has 142 valence electrons. The summed E-state index contributed by atoms with van der Waals surface area (Å²) in [5, 5.41) is 4.18. The number of fused-ring (bicyclic) bond motifs is 1. The van der Waals surface area contributed by atoms with Gasteiger partial charge in [-0.1, -0.05) is 11.6 Å². The monoisotopic (exact) mass is 367 g/mol. The molecule has 2 unspecified atom stereocenters. The number of Topliss-reactive ketones (excluding diaryl/α,β-unsaturated/α-hetero) is 1. The van der Waals surface area contributed by atoms with Crippen LogP contribution in [0, 0.1) is 19.8 Å². The summed E-state index contributed by atoms with van der Waals surface area (Å²) < 4.78 is 7.90. The lowest BCUT2D eigenvalue weighted by Gasteiger charge is -2.38. The van der Waals surface area contributed by atoms with Crippen LogP contribution in [0.3, 0.4) is 0 Å². The van der Waals surface area contributed by atoms with E-state index in [2.05, 4.69) is 5.10 Å². The smallest absolute Gasteiger partial charge is 0.257 e. The van der Waals surface area contributed by atoms with E-state index in [1.54, 1.807) is 10.9 Å². The second-order valence-electron chi connectivity index (χ2n) is 7.70. The molecule has 0 saturated carbocycles. The van der Waals surface area contributed by atoms with Gasteiger partial charge in [0.1, 0.15) is 11.9 Å². The lowest BCUT2D eigenvalue weighted by Crippen LogP contribution is -2.46. The molecule has 6 heteroatoms. The van der Waals surface area contributed by atoms with Crippen LogP contribution >= 0.6 is 0 Å². The summed E-state index contributed by atoms with van der Waals surface area (Å²) in [5.74, 6) is 0.992. The summed E-state index contributed by atoms with van der Waals surface area (Å²) >= 11 is 0. The van der Waals surface area contributed by atoms with Gasteiger partial charge in [-0.15, -0.1) is 0 Å². The Kier molecular flexibility index (Phi) is 4.50. The van der Waals surface area contributed by atoms with Crippen LogP contribution in [-0.2, 0) is 7.05 Å². The average molecular weight is 367 g/mol. The first kappa shape index (κ1) is 17.8. The lowest BCUT2D eigenvalue weighted by molar-refractivity contribution is 0.0408. The number of hydrogen-bond donors (Lipinski definition) is 0. The maximum absolute atomic E-state index is 12.9. The number of ketones is 1. The molecule has 1 amide bonds. The zero-order valence-electron chi connectivity index (χ0n) is 16.1. The van der Waals surface area contributed by atoms with E-state index in [1.165, 1.54) is 0 Å². The standard InChI is InChI=1S/C21H25N3O3/c1-13-6-7-19-16(9-13)18(25)10-20(27-19)15-5-4-8-24(12-15)21(26)17-11-22-23(3)14(17)2/h6-7,9,11,15,20H,4-5,8,10,12H2,1-3H3. The summed E-state index contributed by atoms with van der Waals surface area (Å²) in [6, 6.07) is 5.76. The molecule has 6 nitrogen and oxygen atoms in total. The van der Waals surface area contributed by atoms with Crippen molar-refractivity contribution in [1.82, 2.24) is 14.7 Å². The Hall–Kier alpha value is -2.63. The summed E-state index contributed by atoms with van der Waals surface area (Å²) in [5.41, 5.74) is 3.27. The van der Waals surface area contributed by atoms with Gasteiger partial charge >= 0.3 is 0 Å². The van der Waals surface area contributed by atoms with Gasteiger partial charge in [0.25, 0.3) is 5.91 Å². The number of likely N-dealkylation sites (tertiary alicyclic amines) is 1. The molecule has 3 heterocycles. The van der Waals surface area contributed by atoms with Crippen molar-refractivity contribution >= 4 is 11.7 Å². The molecular weight excluding hydrogens is 342 g/mol. The number of benzene rings is 1. The Balaban J connectivity index is 1.50. The van der Waals surface area contributed by atoms with Gasteiger partial charge in [0.05, 0.1) is 17.3 Å². The number of carbonyl (C=O) groups is 2. The molecule has 0 N–H and O–H groups in total. The minimum Gasteiger partial charge on any atom is -0.489 e. The van der Waals surface area contributed by atoms with Gasteiger partial charge in [-0.25, -0.2) is 0 Å². The molecule has 27 heavy (non-hydrogen) atoms. The molecule has 2 aliphatic rings. The SMILES string of the molecule is Cc1ccc2c(c1)C(=O)CC(C1CCCN(C(=O)c3cnn(C)c3C)C1)O2. The highest BCUT2D eigenvalue weighted by molar-refractivity contribution is 6.00. The van der Waals surface area contributed by atoms with Crippen molar-refractivity contribution in [3.05, 3.63) is 46.8 Å². The first-order chi connectivity index (χ1) is 12.9. The molecule has 1 saturated heterocycles. The molecular formula is C21H25N3O3. The number of carbonyl (C=O) groups excluding carboxylic acids is 2. The minimum atomic E-state index is -0.168. The van der Waals surface area contributed by atoms with E-state index in [9.17, 15) is 9.59 Å². The maximum atomic E-state index is 12.9. The van der Waals surface area contributed by atoms with Gasteiger partial charge in [-0.2, -0.15) is 5.10 Å². The van der Waals surface area contributed by atoms with Gasteiger partial charge in [-0.3, -0.25) is 14.3 Å². The predicted molar refractivity (Wildman–Crippen MR) is 101 cm³/mol. The van der Waals surface area contributed by atoms with E-state index in [4.69, 9.17) is 4.74 Å². The third-order valence-corrected chi connectivity index (χ3v) is 5.84. The van der Waals surface area contributed by atoms with Crippen LogP contribution in [0.1, 0.15) is 51.2 Å². The summed E-state index contributed by atoms with van der Waals surface area (Å²) in [4.78, 5) is 27.4. The van der Waals surface area contributed by atoms with Crippen molar-refractivity contribution in [2.45, 2.75) is 39.2 Å². The van der Waals surface area contributed by atoms with Crippen LogP contribution in [0.4, 0.5) is 0 Å². The molecule has 1 fully saturated rings. The Labute approximate surface area is 159 Å². The molecule has 1 aromatic heterocycles. The molecule has 1 aromatic carbocycles. The predicted octanol–water partition coefficient (Wildman–Crippen LogP) is 2.92. The highest BCUT2D eigenvalue weighted by Crippen LogP contribution is 2.34. The Morgan fingerprint density at radius 2 is 2.11 bits per heavy atom. The van der Waals surface area contributed by atoms with E-state index >= 15 is 0 Å². The zero-order chi connectivity index (χ0) is 19.1. The van der Waals surface area contributed by atoms with Crippen molar-refractivity contribution in [2.75, 3.05) is 13.1 Å². The van der Waals surface area contributed by atoms with Crippen LogP contribution in [0.15, 0.2) is 24.4 Å². The molecule has 0 radical (unpaired) electrons. The first-order valence-corrected chi connectivity index (χ1v) is 9.52. The van der Waals surface area contributed by atoms with Gasteiger partial charge in [-0.05, 0) is 38.8 Å². The highest BCUT2D eigenvalue weighted by Gasteiger charge is 2.36. The Morgan fingerprint density at radius 3 is 2.85 bits per heavy atom. The average Bonchev–Trinajstić information content (AvgIpc) is 3.00. The van der Waals surface area contributed by atoms with Gasteiger partial charge in [0.15, 0.2) is 5.78 Å². The molecule has 0 spiro atoms. The topological polar surface area (TPSA) is 64.4 Å². The molecule has 0 aliphatic carbocycles. The number of aromatic nitrogens is 2. The fourth-order valence-electron chi connectivity index (χ4n) is 4.10. The van der Waals surface area contributed by atoms with Crippen LogP contribution in [-0.4, -0.2) is 45.6 Å². The van der Waals surface area contributed by atoms with E-state index in [1.807, 2.05) is 44.0 Å². The fraction of sp³-hybridized carbons (Fsp3) is 0.476. The maximum Gasteiger partial charge on any atom is 0.257 e. The fourth-order valence-corrected chi connectivity index (χ4v) is 4.10. The van der Waals surface area contributed by atoms with E-state index < -0.39 is 0 Å². The van der Waals surface area contributed by atoms with Crippen molar-refractivity contribution in [3.63, 3.8) is 0 Å². The second-order valence-corrected chi connectivity index (χ2v) is 7.70. The van der Waals surface area contributed by atoms with Crippen molar-refractivity contribution in [3.8, 4) is 5.75 Å². The molecule has 2 aromatic rings. The van der Waals surface area contributed by atoms with Crippen LogP contribution < -0.4 is 4.74 Å². The molecule has 4 rings (SSSR count). The number of amides is 1. The molecule has 0 bridgehead atoms. The number of hydrogen-bond acceptors (Lipinski definition) is 4. The number of ether oxygens (including phenoxy) is 1. The van der Waals surface area contributed by atoms with E-state index in [0.29, 0.717) is 29.8 Å². The highest BCUT2D eigenvalue weighted by atomic mass is 16.5. The molecule has 2 atom stereocenters. The number of rotatable bonds is 2. The van der Waals surface area contributed by atoms with E-state index in [0.717, 1.165) is 30.6 Å². The van der Waals surface area contributed by atoms with Crippen LogP contribution in [0.2, 0.25) is 0 Å². The van der Waals surface area contributed by atoms with Crippen molar-refractivity contribution in [2.24, 2.45) is 13.0 Å². The zero-order valence-corrected chi connectivity index (χ0v) is 16.1. The third-order valence-electron chi connectivity index (χ3n) is 5.84. The largest absolute Gasteiger partial charge is 0.489 e. The second kappa shape index (κ2) is 6.83. The van der Waals surface area contributed by atoms with Gasteiger partial charge < -0.3 is 9.64 Å². The van der Waals surface area contributed by atoms with Crippen molar-refractivity contribution < 1.29 is 14.3 Å². The minimum absolute atomic E-state index is 0.0171. The lowest BCUT2D eigenvalue weighted by atomic mass is 9.86. The van der Waals surface area contributed by atoms with Crippen molar-refractivity contribution in [1.29, 1.82) is 0 Å². The number of aryl methyl sites for hydroxylation is 2. The number of piperidine rings is 1. The Morgan fingerprint density at radius 1 is 1.30 bits per heavy atom. The summed E-state index contributed by atoms with van der Waals surface area (Å²) in [7, 11) is 1.84. The third kappa shape index (κ3) is 3.24. The normalized spacial score (nSPS) is 22.3.